The number of ether oxygens (including phenoxy) is 4. The molecule has 2 fully saturated rings. The smallest absolute Gasteiger partial charge is 0.459 e. The van der Waals surface area contributed by atoms with Gasteiger partial charge in [-0.3, -0.25) is 23.9 Å². The number of fused-ring (bicyclic) bond motifs is 1. The molecule has 2 aliphatic rings. The predicted octanol–water partition coefficient (Wildman–Crippen LogP) is 5.71. The van der Waals surface area contributed by atoms with Gasteiger partial charge in [-0.25, -0.2) is 19.2 Å². The minimum absolute atomic E-state index is 0.111. The second-order valence-corrected chi connectivity index (χ2v) is 17.7. The molecule has 56 heavy (non-hydrogen) atoms. The molecule has 3 heterocycles. The van der Waals surface area contributed by atoms with Crippen molar-refractivity contribution in [3.05, 3.63) is 54.0 Å². The van der Waals surface area contributed by atoms with Crippen LogP contribution in [0, 0.1) is 11.8 Å². The van der Waals surface area contributed by atoms with Crippen LogP contribution < -0.4 is 15.3 Å². The van der Waals surface area contributed by atoms with Gasteiger partial charge in [0.1, 0.15) is 29.8 Å². The normalized spacial score (nSPS) is 23.2. The Hall–Kier alpha value is -4.37. The Balaban J connectivity index is 1.54. The van der Waals surface area contributed by atoms with Gasteiger partial charge >= 0.3 is 25.7 Å². The number of aromatic nitrogens is 3. The maximum Gasteiger partial charge on any atom is 0.459 e. The molecule has 0 amide bonds. The molecule has 1 unspecified atom stereocenters. The second kappa shape index (κ2) is 17.4. The molecule has 3 N–H and O–H groups in total. The predicted molar refractivity (Wildman–Crippen MR) is 208 cm³/mol. The molecule has 5 rings (SSSR count). The lowest BCUT2D eigenvalue weighted by Gasteiger charge is -2.32. The average molecular weight is 799 g/mol. The summed E-state index contributed by atoms with van der Waals surface area (Å²) in [4.78, 5) is 47.9. The van der Waals surface area contributed by atoms with Gasteiger partial charge in [0.25, 0.3) is 0 Å². The number of hydrogen-bond donors (Lipinski definition) is 2. The summed E-state index contributed by atoms with van der Waals surface area (Å²) < 4.78 is 53.0. The van der Waals surface area contributed by atoms with E-state index >= 15 is 0 Å². The Labute approximate surface area is 327 Å². The monoisotopic (exact) mass is 798 g/mol. The van der Waals surface area contributed by atoms with E-state index < -0.39 is 74.1 Å². The summed E-state index contributed by atoms with van der Waals surface area (Å²) in [5.74, 6) is -2.41. The van der Waals surface area contributed by atoms with Gasteiger partial charge in [0.15, 0.2) is 23.6 Å². The van der Waals surface area contributed by atoms with Crippen LogP contribution in [-0.4, -0.2) is 82.8 Å². The van der Waals surface area contributed by atoms with Crippen molar-refractivity contribution in [1.29, 1.82) is 0 Å². The van der Waals surface area contributed by atoms with Crippen LogP contribution in [0.3, 0.4) is 0 Å². The lowest BCUT2D eigenvalue weighted by molar-refractivity contribution is -0.172. The van der Waals surface area contributed by atoms with Crippen LogP contribution in [0.15, 0.2) is 47.7 Å². The van der Waals surface area contributed by atoms with E-state index in [-0.39, 0.29) is 29.5 Å². The SMILES string of the molecule is CN=C[C@@]1(c2ccc3c(N)ncnn23)O[C@H](COP(=O)(N[C@@H](C)CC(=O)OC2CCC2)Oc2ccc(C(C)(C)C)cc2)[C@@H](OC(=O)C(C)C)[C@H]1OC(=O)C(C)C. The van der Waals surface area contributed by atoms with Crippen LogP contribution in [-0.2, 0) is 53.4 Å². The highest BCUT2D eigenvalue weighted by atomic mass is 31.2. The molecule has 1 saturated carbocycles. The summed E-state index contributed by atoms with van der Waals surface area (Å²) >= 11 is 0. The third-order valence-electron chi connectivity index (χ3n) is 9.63. The molecular formula is C39H55N6O10P. The summed E-state index contributed by atoms with van der Waals surface area (Å²) in [6.45, 7) is 14.0. The van der Waals surface area contributed by atoms with Gasteiger partial charge in [0.05, 0.1) is 30.6 Å². The van der Waals surface area contributed by atoms with Crippen LogP contribution in [0.5, 0.6) is 5.75 Å². The van der Waals surface area contributed by atoms with Crippen LogP contribution in [0.2, 0.25) is 0 Å². The molecule has 0 radical (unpaired) electrons. The first-order valence-corrected chi connectivity index (χ1v) is 20.5. The Morgan fingerprint density at radius 3 is 2.29 bits per heavy atom. The standard InChI is InChI=1S/C39H55N6O10P/c1-23(2)36(47)52-33-30(54-39(21-41-9,34(33)53-37(48)24(3)4)31-18-17-29-35(40)42-22-43-45(29)31)20-50-56(49,44-25(5)19-32(46)51-27-11-10-12-27)55-28-15-13-26(14-16-28)38(6,7)8/h13-18,21-25,27,30,33-34H,10-12,19-20H2,1-9H3,(H,44,49)(H2,40,42,43)/t25-,30+,33+,34+,39-,56?/m0/s1. The summed E-state index contributed by atoms with van der Waals surface area (Å²) in [5.41, 5.74) is 6.09. The van der Waals surface area contributed by atoms with Crippen molar-refractivity contribution >= 4 is 43.2 Å². The number of nitrogens with two attached hydrogens (primary N) is 1. The Morgan fingerprint density at radius 1 is 1.04 bits per heavy atom. The first-order valence-electron chi connectivity index (χ1n) is 19.0. The van der Waals surface area contributed by atoms with E-state index in [4.69, 9.17) is 33.7 Å². The van der Waals surface area contributed by atoms with E-state index in [0.29, 0.717) is 11.2 Å². The number of nitrogen functional groups attached to an aromatic ring is 1. The van der Waals surface area contributed by atoms with Gasteiger partial charge in [0, 0.05) is 19.3 Å². The number of rotatable bonds is 16. The van der Waals surface area contributed by atoms with Gasteiger partial charge in [-0.05, 0) is 61.4 Å². The molecule has 17 heteroatoms. The Kier molecular flexibility index (Phi) is 13.3. The minimum atomic E-state index is -4.36. The minimum Gasteiger partial charge on any atom is -0.462 e. The summed E-state index contributed by atoms with van der Waals surface area (Å²) in [7, 11) is -2.84. The fraction of sp³-hybridized carbons (Fsp3) is 0.590. The fourth-order valence-corrected chi connectivity index (χ4v) is 7.85. The Morgan fingerprint density at radius 2 is 1.70 bits per heavy atom. The van der Waals surface area contributed by atoms with Crippen LogP contribution in [0.4, 0.5) is 5.82 Å². The summed E-state index contributed by atoms with van der Waals surface area (Å²) in [6.07, 6.45) is 1.20. The largest absolute Gasteiger partial charge is 0.462 e. The highest BCUT2D eigenvalue weighted by molar-refractivity contribution is 7.52. The molecule has 16 nitrogen and oxygen atoms in total. The number of nitrogens with one attached hydrogen (secondary N) is 1. The van der Waals surface area contributed by atoms with E-state index in [0.717, 1.165) is 24.8 Å². The van der Waals surface area contributed by atoms with E-state index in [9.17, 15) is 18.9 Å². The number of carbonyl (C=O) groups is 3. The van der Waals surface area contributed by atoms with Gasteiger partial charge < -0.3 is 29.2 Å². The lowest BCUT2D eigenvalue weighted by Crippen LogP contribution is -2.48. The van der Waals surface area contributed by atoms with Crippen LogP contribution in [0.25, 0.3) is 5.52 Å². The number of esters is 3. The van der Waals surface area contributed by atoms with Crippen molar-refractivity contribution < 1.29 is 46.9 Å². The van der Waals surface area contributed by atoms with Crippen molar-refractivity contribution in [2.24, 2.45) is 16.8 Å². The number of anilines is 1. The molecule has 1 saturated heterocycles. The molecule has 1 aromatic carbocycles. The number of aliphatic imine (C=N–C) groups is 1. The number of carbonyl (C=O) groups excluding carboxylic acids is 3. The third kappa shape index (κ3) is 9.77. The molecule has 306 valence electrons. The topological polar surface area (TPSA) is 204 Å². The zero-order valence-corrected chi connectivity index (χ0v) is 34.5. The number of benzene rings is 1. The van der Waals surface area contributed by atoms with E-state index in [1.807, 2.05) is 12.1 Å². The van der Waals surface area contributed by atoms with E-state index in [1.54, 1.807) is 58.9 Å². The molecule has 2 aromatic heterocycles. The quantitative estimate of drug-likeness (QED) is 0.0772. The van der Waals surface area contributed by atoms with Gasteiger partial charge in [-0.15, -0.1) is 0 Å². The summed E-state index contributed by atoms with van der Waals surface area (Å²) in [5, 5.41) is 7.28. The van der Waals surface area contributed by atoms with Gasteiger partial charge in [0.2, 0.25) is 0 Å². The van der Waals surface area contributed by atoms with Crippen molar-refractivity contribution in [3.8, 4) is 5.75 Å². The van der Waals surface area contributed by atoms with Gasteiger partial charge in [-0.2, -0.15) is 5.10 Å². The zero-order valence-electron chi connectivity index (χ0n) is 33.6. The maximum absolute atomic E-state index is 14.8. The van der Waals surface area contributed by atoms with E-state index in [1.165, 1.54) is 24.1 Å². The molecule has 1 aliphatic heterocycles. The highest BCUT2D eigenvalue weighted by Crippen LogP contribution is 2.49. The van der Waals surface area contributed by atoms with E-state index in [2.05, 4.69) is 40.9 Å². The van der Waals surface area contributed by atoms with Crippen molar-refractivity contribution in [1.82, 2.24) is 19.7 Å². The first-order chi connectivity index (χ1) is 26.4. The maximum atomic E-state index is 14.8. The third-order valence-corrected chi connectivity index (χ3v) is 11.3. The number of nitrogens with zero attached hydrogens (tertiary/aromatic N) is 4. The zero-order chi connectivity index (χ0) is 41.0. The average Bonchev–Trinajstić information content (AvgIpc) is 3.66. The van der Waals surface area contributed by atoms with Crippen molar-refractivity contribution in [2.45, 2.75) is 123 Å². The first kappa shape index (κ1) is 42.8. The van der Waals surface area contributed by atoms with Crippen molar-refractivity contribution in [3.63, 3.8) is 0 Å². The fourth-order valence-electron chi connectivity index (χ4n) is 6.30. The molecule has 3 aromatic rings. The van der Waals surface area contributed by atoms with Gasteiger partial charge in [-0.1, -0.05) is 60.6 Å². The molecule has 0 bridgehead atoms. The molecule has 1 aliphatic carbocycles. The Bertz CT molecular complexity index is 1940. The molecular weight excluding hydrogens is 743 g/mol. The van der Waals surface area contributed by atoms with Crippen LogP contribution in [0.1, 0.15) is 92.3 Å². The summed E-state index contributed by atoms with van der Waals surface area (Å²) in [6, 6.07) is 9.73. The van der Waals surface area contributed by atoms with Crippen molar-refractivity contribution in [2.75, 3.05) is 19.4 Å². The number of hydrogen-bond acceptors (Lipinski definition) is 14. The second-order valence-electron chi connectivity index (χ2n) is 16.0. The van der Waals surface area contributed by atoms with Crippen LogP contribution >= 0.6 is 7.75 Å². The highest BCUT2D eigenvalue weighted by Gasteiger charge is 2.61. The molecule has 6 atom stereocenters. The molecule has 0 spiro atoms. The lowest BCUT2D eigenvalue weighted by atomic mass is 9.87.